The van der Waals surface area contributed by atoms with Gasteiger partial charge in [0, 0.05) is 16.8 Å². The van der Waals surface area contributed by atoms with Gasteiger partial charge in [-0.1, -0.05) is 30.3 Å². The van der Waals surface area contributed by atoms with Crippen LogP contribution in [0.25, 0.3) is 21.9 Å². The summed E-state index contributed by atoms with van der Waals surface area (Å²) in [5.74, 6) is -0.448. The number of methoxy groups -OCH3 is 1. The molecule has 0 radical (unpaired) electrons. The molecule has 0 aliphatic heterocycles. The molecule has 0 bridgehead atoms. The Morgan fingerprint density at radius 1 is 1.00 bits per heavy atom. The molecule has 0 spiro atoms. The van der Waals surface area contributed by atoms with Crippen LogP contribution in [0.3, 0.4) is 0 Å². The van der Waals surface area contributed by atoms with Crippen LogP contribution in [0.2, 0.25) is 0 Å². The van der Waals surface area contributed by atoms with Crippen molar-refractivity contribution in [3.63, 3.8) is 0 Å². The summed E-state index contributed by atoms with van der Waals surface area (Å²) in [5, 5.41) is 4.62. The summed E-state index contributed by atoms with van der Waals surface area (Å²) in [6, 6.07) is 17.1. The summed E-state index contributed by atoms with van der Waals surface area (Å²) in [4.78, 5) is 12.6. The number of amides is 1. The average Bonchev–Trinajstić information content (AvgIpc) is 3.06. The minimum absolute atomic E-state index is 0.0184. The van der Waals surface area contributed by atoms with Crippen molar-refractivity contribution < 1.29 is 23.1 Å². The molecule has 28 heavy (non-hydrogen) atoms. The fourth-order valence-electron chi connectivity index (χ4n) is 3.04. The van der Waals surface area contributed by atoms with Crippen LogP contribution in [0.1, 0.15) is 6.92 Å². The smallest absolute Gasteiger partial charge is 0.265 e. The lowest BCUT2D eigenvalue weighted by Gasteiger charge is -2.16. The highest BCUT2D eigenvalue weighted by atomic mass is 19.1. The Kier molecular flexibility index (Phi) is 4.61. The number of hydrogen-bond donors (Lipinski definition) is 1. The van der Waals surface area contributed by atoms with E-state index in [0.29, 0.717) is 17.0 Å². The van der Waals surface area contributed by atoms with Gasteiger partial charge in [-0.15, -0.1) is 0 Å². The van der Waals surface area contributed by atoms with E-state index in [9.17, 15) is 9.18 Å². The van der Waals surface area contributed by atoms with Crippen LogP contribution < -0.4 is 14.8 Å². The second-order valence-corrected chi connectivity index (χ2v) is 6.33. The maximum Gasteiger partial charge on any atom is 0.265 e. The summed E-state index contributed by atoms with van der Waals surface area (Å²) in [5.41, 5.74) is 1.82. The molecule has 0 saturated carbocycles. The number of rotatable bonds is 5. The zero-order valence-electron chi connectivity index (χ0n) is 15.4. The third kappa shape index (κ3) is 3.24. The Labute approximate surface area is 160 Å². The van der Waals surface area contributed by atoms with Gasteiger partial charge in [-0.2, -0.15) is 0 Å². The molecule has 0 fully saturated rings. The van der Waals surface area contributed by atoms with Crippen LogP contribution in [-0.4, -0.2) is 19.1 Å². The highest BCUT2D eigenvalue weighted by Crippen LogP contribution is 2.36. The number of anilines is 1. The summed E-state index contributed by atoms with van der Waals surface area (Å²) >= 11 is 0. The topological polar surface area (TPSA) is 60.7 Å². The molecular weight excluding hydrogens is 361 g/mol. The van der Waals surface area contributed by atoms with Crippen molar-refractivity contribution in [3.05, 3.63) is 66.5 Å². The van der Waals surface area contributed by atoms with Crippen molar-refractivity contribution in [2.75, 3.05) is 12.4 Å². The summed E-state index contributed by atoms with van der Waals surface area (Å²) in [6.07, 6.45) is -0.909. The molecule has 5 nitrogen and oxygen atoms in total. The van der Waals surface area contributed by atoms with Gasteiger partial charge in [0.15, 0.2) is 17.7 Å². The molecule has 1 atom stereocenters. The molecule has 0 aliphatic carbocycles. The third-order valence-electron chi connectivity index (χ3n) is 4.47. The minimum atomic E-state index is -0.909. The quantitative estimate of drug-likeness (QED) is 0.522. The van der Waals surface area contributed by atoms with Crippen molar-refractivity contribution >= 4 is 33.5 Å². The van der Waals surface area contributed by atoms with Crippen LogP contribution >= 0.6 is 0 Å². The molecular formula is C22H18FNO4. The molecule has 6 heteroatoms. The zero-order valence-corrected chi connectivity index (χ0v) is 15.4. The molecule has 0 aliphatic rings. The summed E-state index contributed by atoms with van der Waals surface area (Å²) < 4.78 is 30.5. The number of benzene rings is 3. The van der Waals surface area contributed by atoms with Gasteiger partial charge < -0.3 is 19.2 Å². The number of para-hydroxylation sites is 2. The lowest BCUT2D eigenvalue weighted by atomic mass is 10.1. The normalized spacial score (nSPS) is 12.1. The van der Waals surface area contributed by atoms with E-state index >= 15 is 0 Å². The fourth-order valence-corrected chi connectivity index (χ4v) is 3.04. The lowest BCUT2D eigenvalue weighted by Crippen LogP contribution is -2.30. The largest absolute Gasteiger partial charge is 0.495 e. The number of furan rings is 1. The molecule has 0 saturated heterocycles. The van der Waals surface area contributed by atoms with Crippen molar-refractivity contribution in [1.29, 1.82) is 0 Å². The Morgan fingerprint density at radius 3 is 2.54 bits per heavy atom. The molecule has 1 aromatic heterocycles. The maximum atomic E-state index is 13.7. The van der Waals surface area contributed by atoms with Crippen molar-refractivity contribution in [2.45, 2.75) is 13.0 Å². The fraction of sp³-hybridized carbons (Fsp3) is 0.136. The average molecular weight is 379 g/mol. The number of hydrogen-bond acceptors (Lipinski definition) is 4. The van der Waals surface area contributed by atoms with Crippen LogP contribution in [-0.2, 0) is 4.79 Å². The van der Waals surface area contributed by atoms with E-state index in [2.05, 4.69) is 5.32 Å². The molecule has 1 heterocycles. The molecule has 142 valence electrons. The second-order valence-electron chi connectivity index (χ2n) is 6.33. The van der Waals surface area contributed by atoms with E-state index < -0.39 is 17.8 Å². The second kappa shape index (κ2) is 7.23. The van der Waals surface area contributed by atoms with Crippen LogP contribution in [0.5, 0.6) is 11.5 Å². The number of carbonyl (C=O) groups excluding carboxylic acids is 1. The van der Waals surface area contributed by atoms with Gasteiger partial charge >= 0.3 is 0 Å². The van der Waals surface area contributed by atoms with E-state index in [4.69, 9.17) is 13.9 Å². The van der Waals surface area contributed by atoms with Gasteiger partial charge in [0.05, 0.1) is 12.8 Å². The number of halogens is 1. The summed E-state index contributed by atoms with van der Waals surface area (Å²) in [7, 11) is 1.53. The first kappa shape index (κ1) is 17.9. The van der Waals surface area contributed by atoms with Gasteiger partial charge in [0.25, 0.3) is 5.91 Å². The molecule has 1 N–H and O–H groups in total. The third-order valence-corrected chi connectivity index (χ3v) is 4.47. The Hall–Kier alpha value is -3.54. The standard InChI is InChI=1S/C22H18FNO4/c1-13(27-19-10-6-4-8-16(19)23)22(25)24-17-12-20-15(11-21(17)26-2)14-7-3-5-9-18(14)28-20/h3-13H,1-2H3,(H,24,25)/t13-/m1/s1. The first-order valence-electron chi connectivity index (χ1n) is 8.78. The van der Waals surface area contributed by atoms with Crippen LogP contribution in [0.4, 0.5) is 10.1 Å². The predicted octanol–water partition coefficient (Wildman–Crippen LogP) is 5.14. The maximum absolute atomic E-state index is 13.7. The zero-order chi connectivity index (χ0) is 19.7. The monoisotopic (exact) mass is 379 g/mol. The van der Waals surface area contributed by atoms with E-state index in [0.717, 1.165) is 16.4 Å². The SMILES string of the molecule is COc1cc2c(cc1NC(=O)[C@@H](C)Oc1ccccc1F)oc1ccccc12. The van der Waals surface area contributed by atoms with Gasteiger partial charge in [0.1, 0.15) is 16.9 Å². The van der Waals surface area contributed by atoms with Crippen molar-refractivity contribution in [3.8, 4) is 11.5 Å². The van der Waals surface area contributed by atoms with Crippen LogP contribution in [0, 0.1) is 5.82 Å². The van der Waals surface area contributed by atoms with Gasteiger partial charge in [-0.25, -0.2) is 4.39 Å². The van der Waals surface area contributed by atoms with Gasteiger partial charge in [-0.3, -0.25) is 4.79 Å². The van der Waals surface area contributed by atoms with E-state index in [1.54, 1.807) is 25.1 Å². The molecule has 1 amide bonds. The van der Waals surface area contributed by atoms with Crippen molar-refractivity contribution in [2.24, 2.45) is 0 Å². The summed E-state index contributed by atoms with van der Waals surface area (Å²) in [6.45, 7) is 1.55. The number of fused-ring (bicyclic) bond motifs is 3. The predicted molar refractivity (Wildman–Crippen MR) is 105 cm³/mol. The number of carbonyl (C=O) groups is 1. The van der Waals surface area contributed by atoms with E-state index in [-0.39, 0.29) is 5.75 Å². The first-order valence-corrected chi connectivity index (χ1v) is 8.78. The van der Waals surface area contributed by atoms with Crippen molar-refractivity contribution in [1.82, 2.24) is 0 Å². The van der Waals surface area contributed by atoms with E-state index in [1.807, 2.05) is 30.3 Å². The Balaban J connectivity index is 1.62. The van der Waals surface area contributed by atoms with Crippen LogP contribution in [0.15, 0.2) is 65.1 Å². The Bertz CT molecular complexity index is 1170. The Morgan fingerprint density at radius 2 is 1.75 bits per heavy atom. The highest BCUT2D eigenvalue weighted by molar-refractivity contribution is 6.08. The van der Waals surface area contributed by atoms with Gasteiger partial charge in [-0.05, 0) is 31.2 Å². The molecule has 0 unspecified atom stereocenters. The van der Waals surface area contributed by atoms with Gasteiger partial charge in [0.2, 0.25) is 0 Å². The van der Waals surface area contributed by atoms with E-state index in [1.165, 1.54) is 19.2 Å². The first-order chi connectivity index (χ1) is 13.6. The number of nitrogens with one attached hydrogen (secondary N) is 1. The molecule has 4 aromatic rings. The minimum Gasteiger partial charge on any atom is -0.495 e. The highest BCUT2D eigenvalue weighted by Gasteiger charge is 2.19. The lowest BCUT2D eigenvalue weighted by molar-refractivity contribution is -0.122. The number of ether oxygens (including phenoxy) is 2. The molecule has 3 aromatic carbocycles. The molecule has 4 rings (SSSR count).